The molecule has 0 aliphatic rings. The average molecular weight is 1230 g/mol. The number of hydrogen-bond donors (Lipinski definition) is 6. The number of nitrogens with zero attached hydrogens (tertiary/aromatic N) is 3. The van der Waals surface area contributed by atoms with Gasteiger partial charge in [-0.05, 0) is 138 Å². The van der Waals surface area contributed by atoms with Gasteiger partial charge in [-0.15, -0.1) is 0 Å². The fraction of sp³-hybridized carbons (Fsp3) is 0. The highest BCUT2D eigenvalue weighted by Gasteiger charge is 2.19. The third-order valence-electron chi connectivity index (χ3n) is 13.2. The number of aromatic nitrogens is 6. The first-order valence-electron chi connectivity index (χ1n) is 25.7. The summed E-state index contributed by atoms with van der Waals surface area (Å²) >= 11 is 0. The van der Waals surface area contributed by atoms with Crippen LogP contribution in [0, 0.1) is 34.9 Å². The average Bonchev–Trinajstić information content (AvgIpc) is 2.61. The maximum atomic E-state index is 13.8. The SMILES string of the molecule is NS(=O)(=O)c1ccccc1-c1ccc2nc(/C=C/c3ccc(F)c(F)c3)[nH]c2c1.NS(=O)(=O)c1ccccc1-c1ccc2nc(/C=C/c3ccc(F)cc3F)[nH]c2c1.NS(=O)(=O)c1ccccc1-c1ccc2nc(/C=C/c3cccc(F)c3F)[nH]c2c1. The summed E-state index contributed by atoms with van der Waals surface area (Å²) in [6, 6.07) is 46.1. The number of aromatic amines is 3. The van der Waals surface area contributed by atoms with E-state index in [4.69, 9.17) is 15.4 Å². The molecule has 87 heavy (non-hydrogen) atoms. The van der Waals surface area contributed by atoms with Crippen molar-refractivity contribution in [2.45, 2.75) is 14.7 Å². The van der Waals surface area contributed by atoms with Gasteiger partial charge in [0.2, 0.25) is 30.1 Å². The Labute approximate surface area is 493 Å². The number of sulfonamides is 3. The molecule has 0 saturated heterocycles. The smallest absolute Gasteiger partial charge is 0.238 e. The number of benzene rings is 9. The number of nitrogens with one attached hydrogen (secondary N) is 3. The zero-order valence-electron chi connectivity index (χ0n) is 44.8. The van der Waals surface area contributed by atoms with Crippen LogP contribution in [-0.4, -0.2) is 55.2 Å². The van der Waals surface area contributed by atoms with Crippen LogP contribution in [-0.2, 0) is 30.1 Å². The maximum absolute atomic E-state index is 13.8. The summed E-state index contributed by atoms with van der Waals surface area (Å²) in [5.41, 5.74) is 8.25. The molecule has 0 aliphatic carbocycles. The van der Waals surface area contributed by atoms with Crippen molar-refractivity contribution in [3.8, 4) is 33.4 Å². The minimum Gasteiger partial charge on any atom is -0.338 e. The molecule has 3 heterocycles. The van der Waals surface area contributed by atoms with E-state index in [1.807, 2.05) is 0 Å². The molecule has 438 valence electrons. The third kappa shape index (κ3) is 14.2. The molecule has 15 nitrogen and oxygen atoms in total. The van der Waals surface area contributed by atoms with Crippen molar-refractivity contribution < 1.29 is 51.6 Å². The number of primary sulfonamides is 3. The largest absolute Gasteiger partial charge is 0.338 e. The lowest BCUT2D eigenvalue weighted by Gasteiger charge is -2.07. The Morgan fingerprint density at radius 1 is 0.345 bits per heavy atom. The quantitative estimate of drug-likeness (QED) is 0.0634. The van der Waals surface area contributed by atoms with Crippen LogP contribution in [0.3, 0.4) is 0 Å². The summed E-state index contributed by atoms with van der Waals surface area (Å²) in [5, 5.41) is 16.0. The van der Waals surface area contributed by atoms with E-state index < -0.39 is 65.0 Å². The fourth-order valence-electron chi connectivity index (χ4n) is 9.10. The van der Waals surface area contributed by atoms with Gasteiger partial charge < -0.3 is 15.0 Å². The zero-order chi connectivity index (χ0) is 61.8. The van der Waals surface area contributed by atoms with Crippen molar-refractivity contribution in [1.82, 2.24) is 29.9 Å². The lowest BCUT2D eigenvalue weighted by Crippen LogP contribution is -2.13. The van der Waals surface area contributed by atoms with E-state index in [1.165, 1.54) is 66.8 Å². The summed E-state index contributed by atoms with van der Waals surface area (Å²) in [4.78, 5) is 22.6. The van der Waals surface area contributed by atoms with E-state index in [0.717, 1.165) is 24.3 Å². The van der Waals surface area contributed by atoms with Crippen LogP contribution in [0.25, 0.3) is 103 Å². The molecule has 0 fully saturated rings. The van der Waals surface area contributed by atoms with E-state index in [2.05, 4.69) is 29.9 Å². The molecule has 0 amide bonds. The van der Waals surface area contributed by atoms with E-state index in [0.29, 0.717) is 89.5 Å². The highest BCUT2D eigenvalue weighted by atomic mass is 32.2. The number of hydrogen-bond acceptors (Lipinski definition) is 9. The number of H-pyrrole nitrogens is 3. The Bertz CT molecular complexity index is 5090. The minimum absolute atomic E-state index is 0.0283. The fourth-order valence-corrected chi connectivity index (χ4v) is 11.4. The standard InChI is InChI=1S/3C21H15F2N3O2S/c22-16-6-3-4-13(21(16)23)9-11-20-25-17-10-8-14(12-18(17)26-20)15-5-1-2-7-19(15)29(24,27)28;22-16-8-5-13(11-17(16)23)6-10-21-25-18-9-7-14(12-19(18)26-21)15-3-1-2-4-20(15)29(24,27)28;22-15-8-5-13(17(23)12-15)7-10-21-25-18-9-6-14(11-19(18)26-21)16-3-1-2-4-20(16)29(24,27)28/h3*1-12H,(H,25,26)(H2,24,27,28)/b11-9+;10-6+;10-7+. The van der Waals surface area contributed by atoms with Gasteiger partial charge in [0.25, 0.3) is 0 Å². The summed E-state index contributed by atoms with van der Waals surface area (Å²) in [6.07, 6.45) is 9.28. The first-order valence-corrected chi connectivity index (χ1v) is 30.3. The van der Waals surface area contributed by atoms with Crippen molar-refractivity contribution in [3.05, 3.63) is 251 Å². The molecule has 0 atom stereocenters. The Hall–Kier alpha value is -10.1. The number of rotatable bonds is 12. The molecule has 12 rings (SSSR count). The van der Waals surface area contributed by atoms with E-state index in [1.54, 1.807) is 127 Å². The van der Waals surface area contributed by atoms with Crippen LogP contribution in [0.1, 0.15) is 34.2 Å². The second-order valence-electron chi connectivity index (χ2n) is 19.2. The van der Waals surface area contributed by atoms with Gasteiger partial charge in [0.1, 0.15) is 29.1 Å². The first-order chi connectivity index (χ1) is 41.4. The summed E-state index contributed by atoms with van der Waals surface area (Å²) < 4.78 is 151. The Kier molecular flexibility index (Phi) is 17.2. The summed E-state index contributed by atoms with van der Waals surface area (Å²) in [5.74, 6) is -3.55. The molecule has 9 N–H and O–H groups in total. The Morgan fingerprint density at radius 3 is 1.17 bits per heavy atom. The lowest BCUT2D eigenvalue weighted by atomic mass is 10.1. The van der Waals surface area contributed by atoms with Gasteiger partial charge in [0.05, 0.1) is 47.8 Å². The molecule has 0 radical (unpaired) electrons. The molecule has 0 saturated carbocycles. The van der Waals surface area contributed by atoms with Crippen LogP contribution < -0.4 is 15.4 Å². The number of halogens is 6. The van der Waals surface area contributed by atoms with Crippen molar-refractivity contribution >= 4 is 99.6 Å². The van der Waals surface area contributed by atoms with Gasteiger partial charge in [0.15, 0.2) is 23.3 Å². The number of fused-ring (bicyclic) bond motifs is 3. The topological polar surface area (TPSA) is 267 Å². The molecular formula is C63H45F6N9O6S3. The normalized spacial score (nSPS) is 12.1. The van der Waals surface area contributed by atoms with Gasteiger partial charge in [-0.3, -0.25) is 0 Å². The molecule has 0 spiro atoms. The minimum atomic E-state index is -3.88. The lowest BCUT2D eigenvalue weighted by molar-refractivity contribution is 0.507. The van der Waals surface area contributed by atoms with E-state index in [-0.39, 0.29) is 25.8 Å². The van der Waals surface area contributed by atoms with Crippen molar-refractivity contribution in [3.63, 3.8) is 0 Å². The summed E-state index contributed by atoms with van der Waals surface area (Å²) in [7, 11) is -11.6. The Balaban J connectivity index is 0.000000144. The zero-order valence-corrected chi connectivity index (χ0v) is 47.2. The molecule has 3 aromatic heterocycles. The van der Waals surface area contributed by atoms with Crippen molar-refractivity contribution in [2.75, 3.05) is 0 Å². The van der Waals surface area contributed by atoms with Crippen LogP contribution in [0.5, 0.6) is 0 Å². The number of nitrogens with two attached hydrogens (primary N) is 3. The van der Waals surface area contributed by atoms with Gasteiger partial charge in [-0.1, -0.05) is 97.1 Å². The van der Waals surface area contributed by atoms with Gasteiger partial charge >= 0.3 is 0 Å². The highest BCUT2D eigenvalue weighted by Crippen LogP contribution is 2.32. The van der Waals surface area contributed by atoms with E-state index in [9.17, 15) is 51.6 Å². The molecule has 9 aromatic carbocycles. The van der Waals surface area contributed by atoms with Gasteiger partial charge in [-0.25, -0.2) is 82.0 Å². The van der Waals surface area contributed by atoms with Crippen LogP contribution in [0.4, 0.5) is 26.3 Å². The van der Waals surface area contributed by atoms with E-state index >= 15 is 0 Å². The van der Waals surface area contributed by atoms with Crippen LogP contribution in [0.15, 0.2) is 197 Å². The molecule has 0 aliphatic heterocycles. The van der Waals surface area contributed by atoms with Gasteiger partial charge in [-0.2, -0.15) is 0 Å². The van der Waals surface area contributed by atoms with Crippen LogP contribution >= 0.6 is 0 Å². The number of imidazole rings is 3. The highest BCUT2D eigenvalue weighted by molar-refractivity contribution is 7.89. The molecule has 0 bridgehead atoms. The molecular weight excluding hydrogens is 1190 g/mol. The molecule has 12 aromatic rings. The molecule has 24 heteroatoms. The van der Waals surface area contributed by atoms with Gasteiger partial charge in [0, 0.05) is 33.9 Å². The van der Waals surface area contributed by atoms with Crippen LogP contribution in [0.2, 0.25) is 0 Å². The third-order valence-corrected chi connectivity index (χ3v) is 16.1. The second-order valence-corrected chi connectivity index (χ2v) is 23.8. The van der Waals surface area contributed by atoms with Crippen molar-refractivity contribution in [1.29, 1.82) is 0 Å². The summed E-state index contributed by atoms with van der Waals surface area (Å²) in [6.45, 7) is 0. The molecule has 0 unspecified atom stereocenters. The first kappa shape index (κ1) is 60.1. The Morgan fingerprint density at radius 2 is 0.759 bits per heavy atom. The monoisotopic (exact) mass is 1230 g/mol. The predicted molar refractivity (Wildman–Crippen MR) is 325 cm³/mol. The predicted octanol–water partition coefficient (Wildman–Crippen LogP) is 13.0. The second kappa shape index (κ2) is 24.9. The van der Waals surface area contributed by atoms with Crippen molar-refractivity contribution in [2.24, 2.45) is 15.4 Å². The maximum Gasteiger partial charge on any atom is 0.238 e.